The summed E-state index contributed by atoms with van der Waals surface area (Å²) in [7, 11) is 0. The summed E-state index contributed by atoms with van der Waals surface area (Å²) in [5.41, 5.74) is 1.36. The van der Waals surface area contributed by atoms with Crippen LogP contribution in [0, 0.1) is 28.5 Å². The highest BCUT2D eigenvalue weighted by Crippen LogP contribution is 2.27. The number of carbonyl (C=O) groups is 2. The third kappa shape index (κ3) is 5.37. The zero-order chi connectivity index (χ0) is 24.3. The van der Waals surface area contributed by atoms with Crippen molar-refractivity contribution in [3.05, 3.63) is 70.5 Å². The highest BCUT2D eigenvalue weighted by Gasteiger charge is 2.40. The lowest BCUT2D eigenvalue weighted by Crippen LogP contribution is -2.62. The van der Waals surface area contributed by atoms with E-state index in [-0.39, 0.29) is 42.4 Å². The molecule has 1 heterocycles. The van der Waals surface area contributed by atoms with Gasteiger partial charge in [0.15, 0.2) is 5.96 Å². The molecule has 2 amide bonds. The van der Waals surface area contributed by atoms with Gasteiger partial charge in [0.2, 0.25) is 5.91 Å². The number of benzene rings is 2. The van der Waals surface area contributed by atoms with Gasteiger partial charge in [0.05, 0.1) is 30.6 Å². The van der Waals surface area contributed by atoms with Crippen LogP contribution in [0.5, 0.6) is 0 Å². The van der Waals surface area contributed by atoms with E-state index in [0.29, 0.717) is 11.1 Å². The molecule has 8 heteroatoms. The predicted molar refractivity (Wildman–Crippen MR) is 123 cm³/mol. The monoisotopic (exact) mass is 449 g/mol. The smallest absolute Gasteiger partial charge is 0.251 e. The fourth-order valence-electron chi connectivity index (χ4n) is 3.70. The lowest BCUT2D eigenvalue weighted by Gasteiger charge is -2.43. The Labute approximate surface area is 193 Å². The second-order valence-corrected chi connectivity index (χ2v) is 8.98. The SMILES string of the molecule is CC(C)[C@]1(C)CC(=O)N(Cc2cc(F)cc(C(=O)N[C@@H](C)c3ccc(C#N)cc3)c2)C(=N)N1. The van der Waals surface area contributed by atoms with Gasteiger partial charge in [-0.1, -0.05) is 26.0 Å². The second kappa shape index (κ2) is 9.41. The molecule has 0 spiro atoms. The third-order valence-corrected chi connectivity index (χ3v) is 6.22. The van der Waals surface area contributed by atoms with Crippen molar-refractivity contribution in [1.82, 2.24) is 15.5 Å². The number of rotatable bonds is 6. The molecule has 33 heavy (non-hydrogen) atoms. The van der Waals surface area contributed by atoms with Gasteiger partial charge < -0.3 is 10.6 Å². The molecule has 2 aromatic rings. The van der Waals surface area contributed by atoms with Crippen molar-refractivity contribution >= 4 is 17.8 Å². The summed E-state index contributed by atoms with van der Waals surface area (Å²) in [5.74, 6) is -1.17. The number of nitrogens with one attached hydrogen (secondary N) is 3. The first-order valence-electron chi connectivity index (χ1n) is 10.8. The van der Waals surface area contributed by atoms with Crippen LogP contribution in [0.15, 0.2) is 42.5 Å². The maximum Gasteiger partial charge on any atom is 0.251 e. The fraction of sp³-hybridized carbons (Fsp3) is 0.360. The van der Waals surface area contributed by atoms with Crippen molar-refractivity contribution in [2.75, 3.05) is 0 Å². The Kier molecular flexibility index (Phi) is 6.82. The molecule has 0 radical (unpaired) electrons. The van der Waals surface area contributed by atoms with E-state index >= 15 is 0 Å². The van der Waals surface area contributed by atoms with Crippen LogP contribution in [-0.2, 0) is 11.3 Å². The van der Waals surface area contributed by atoms with Crippen LogP contribution in [0.3, 0.4) is 0 Å². The van der Waals surface area contributed by atoms with E-state index in [1.165, 1.54) is 17.0 Å². The summed E-state index contributed by atoms with van der Waals surface area (Å²) in [5, 5.41) is 23.1. The summed E-state index contributed by atoms with van der Waals surface area (Å²) in [6.45, 7) is 7.66. The topological polar surface area (TPSA) is 109 Å². The van der Waals surface area contributed by atoms with Crippen LogP contribution in [0.2, 0.25) is 0 Å². The maximum absolute atomic E-state index is 14.3. The van der Waals surface area contributed by atoms with Crippen LogP contribution in [-0.4, -0.2) is 28.2 Å². The fourth-order valence-corrected chi connectivity index (χ4v) is 3.70. The molecule has 1 aliphatic rings. The largest absolute Gasteiger partial charge is 0.350 e. The zero-order valence-corrected chi connectivity index (χ0v) is 19.2. The van der Waals surface area contributed by atoms with E-state index in [1.807, 2.05) is 26.8 Å². The highest BCUT2D eigenvalue weighted by atomic mass is 19.1. The van der Waals surface area contributed by atoms with Gasteiger partial charge >= 0.3 is 0 Å². The summed E-state index contributed by atoms with van der Waals surface area (Å²) in [4.78, 5) is 26.8. The molecule has 2 atom stereocenters. The Bertz CT molecular complexity index is 1100. The number of halogens is 1. The zero-order valence-electron chi connectivity index (χ0n) is 19.2. The number of amides is 2. The number of guanidine groups is 1. The van der Waals surface area contributed by atoms with Crippen molar-refractivity contribution in [2.24, 2.45) is 5.92 Å². The summed E-state index contributed by atoms with van der Waals surface area (Å²) in [6.07, 6.45) is 0.220. The average Bonchev–Trinajstić information content (AvgIpc) is 2.75. The molecule has 0 unspecified atom stereocenters. The standard InChI is InChI=1S/C25H28FN5O2/c1-15(2)25(4)12-22(32)31(24(28)30-25)14-18-9-20(11-21(26)10-18)23(33)29-16(3)19-7-5-17(13-27)6-8-19/h5-11,15-16H,12,14H2,1-4H3,(H2,28,30)(H,29,33)/t16-,25-/m0/s1. The van der Waals surface area contributed by atoms with Crippen LogP contribution < -0.4 is 10.6 Å². The third-order valence-electron chi connectivity index (χ3n) is 6.22. The minimum absolute atomic E-state index is 0.0118. The van der Waals surface area contributed by atoms with Gasteiger partial charge in [0.1, 0.15) is 5.82 Å². The van der Waals surface area contributed by atoms with Gasteiger partial charge in [-0.15, -0.1) is 0 Å². The summed E-state index contributed by atoms with van der Waals surface area (Å²) >= 11 is 0. The lowest BCUT2D eigenvalue weighted by atomic mass is 9.83. The molecule has 1 fully saturated rings. The molecule has 172 valence electrons. The predicted octanol–water partition coefficient (Wildman–Crippen LogP) is 3.86. The lowest BCUT2D eigenvalue weighted by molar-refractivity contribution is -0.131. The van der Waals surface area contributed by atoms with Crippen LogP contribution in [0.1, 0.15) is 67.2 Å². The Hall–Kier alpha value is -3.73. The molecule has 7 nitrogen and oxygen atoms in total. The average molecular weight is 450 g/mol. The number of nitrogens with zero attached hydrogens (tertiary/aromatic N) is 2. The molecule has 1 aliphatic heterocycles. The van der Waals surface area contributed by atoms with E-state index in [1.54, 1.807) is 31.2 Å². The molecule has 0 bridgehead atoms. The van der Waals surface area contributed by atoms with Gasteiger partial charge in [-0.05, 0) is 61.2 Å². The van der Waals surface area contributed by atoms with Crippen molar-refractivity contribution in [2.45, 2.75) is 52.2 Å². The quantitative estimate of drug-likeness (QED) is 0.622. The molecule has 1 saturated heterocycles. The first-order valence-corrected chi connectivity index (χ1v) is 10.8. The molecule has 0 aliphatic carbocycles. The van der Waals surface area contributed by atoms with Gasteiger partial charge in [0, 0.05) is 11.1 Å². The van der Waals surface area contributed by atoms with E-state index in [0.717, 1.165) is 11.6 Å². The number of hydrogen-bond donors (Lipinski definition) is 3. The Balaban J connectivity index is 1.74. The van der Waals surface area contributed by atoms with Crippen LogP contribution >= 0.6 is 0 Å². The van der Waals surface area contributed by atoms with E-state index < -0.39 is 17.3 Å². The summed E-state index contributed by atoms with van der Waals surface area (Å²) in [6, 6.07) is 12.5. The van der Waals surface area contributed by atoms with E-state index in [2.05, 4.69) is 10.6 Å². The van der Waals surface area contributed by atoms with Crippen molar-refractivity contribution < 1.29 is 14.0 Å². The number of carbonyl (C=O) groups excluding carboxylic acids is 2. The molecule has 0 aromatic heterocycles. The summed E-state index contributed by atoms with van der Waals surface area (Å²) < 4.78 is 14.3. The van der Waals surface area contributed by atoms with Gasteiger partial charge in [-0.3, -0.25) is 19.9 Å². The molecule has 3 N–H and O–H groups in total. The Morgan fingerprint density at radius 3 is 2.52 bits per heavy atom. The molecule has 2 aromatic carbocycles. The van der Waals surface area contributed by atoms with Crippen molar-refractivity contribution in [3.8, 4) is 6.07 Å². The van der Waals surface area contributed by atoms with E-state index in [9.17, 15) is 14.0 Å². The molecular weight excluding hydrogens is 421 g/mol. The first-order chi connectivity index (χ1) is 15.5. The van der Waals surface area contributed by atoms with Crippen LogP contribution in [0.4, 0.5) is 4.39 Å². The molecule has 3 rings (SSSR count). The number of hydrogen-bond acceptors (Lipinski definition) is 4. The maximum atomic E-state index is 14.3. The van der Waals surface area contributed by atoms with Gasteiger partial charge in [0.25, 0.3) is 5.91 Å². The van der Waals surface area contributed by atoms with Crippen molar-refractivity contribution in [1.29, 1.82) is 10.7 Å². The Morgan fingerprint density at radius 1 is 1.27 bits per heavy atom. The first kappa shape index (κ1) is 23.9. The second-order valence-electron chi connectivity index (χ2n) is 8.98. The minimum Gasteiger partial charge on any atom is -0.350 e. The number of nitriles is 1. The molecule has 0 saturated carbocycles. The van der Waals surface area contributed by atoms with Crippen LogP contribution in [0.25, 0.3) is 0 Å². The molecular formula is C25H28FN5O2. The minimum atomic E-state index is -0.598. The van der Waals surface area contributed by atoms with Crippen molar-refractivity contribution in [3.63, 3.8) is 0 Å². The van der Waals surface area contributed by atoms with E-state index in [4.69, 9.17) is 10.7 Å². The highest BCUT2D eigenvalue weighted by molar-refractivity contribution is 5.99. The van der Waals surface area contributed by atoms with Gasteiger partial charge in [-0.25, -0.2) is 4.39 Å². The Morgan fingerprint density at radius 2 is 1.94 bits per heavy atom. The normalized spacial score (nSPS) is 19.1. The van der Waals surface area contributed by atoms with Gasteiger partial charge in [-0.2, -0.15) is 5.26 Å².